The van der Waals surface area contributed by atoms with E-state index in [1.54, 1.807) is 0 Å². The summed E-state index contributed by atoms with van der Waals surface area (Å²) in [5.74, 6) is 1.75. The van der Waals surface area contributed by atoms with Gasteiger partial charge in [0.2, 0.25) is 5.28 Å². The average molecular weight is 256 g/mol. The molecule has 1 aromatic heterocycles. The van der Waals surface area contributed by atoms with Crippen molar-refractivity contribution in [1.29, 1.82) is 0 Å². The van der Waals surface area contributed by atoms with Crippen LogP contribution >= 0.6 is 11.6 Å². The lowest BCUT2D eigenvalue weighted by atomic mass is 9.96. The molecule has 0 spiro atoms. The van der Waals surface area contributed by atoms with E-state index in [-0.39, 0.29) is 0 Å². The molecule has 0 bridgehead atoms. The quantitative estimate of drug-likeness (QED) is 0.764. The van der Waals surface area contributed by atoms with Crippen LogP contribution < -0.4 is 0 Å². The topological polar surface area (TPSA) is 30.7 Å². The van der Waals surface area contributed by atoms with Gasteiger partial charge in [0, 0.05) is 12.5 Å². The van der Waals surface area contributed by atoms with Gasteiger partial charge in [0.25, 0.3) is 0 Å². The summed E-state index contributed by atoms with van der Waals surface area (Å²) >= 11 is 6.22. The van der Waals surface area contributed by atoms with Gasteiger partial charge in [-0.15, -0.1) is 10.2 Å². The SMILES string of the molecule is CCCc1nnc(Cl)n1C1CCCCCC1C. The van der Waals surface area contributed by atoms with E-state index in [0.29, 0.717) is 17.2 Å². The van der Waals surface area contributed by atoms with Crippen molar-refractivity contribution in [2.45, 2.75) is 64.8 Å². The van der Waals surface area contributed by atoms with Crippen molar-refractivity contribution in [3.63, 3.8) is 0 Å². The van der Waals surface area contributed by atoms with Crippen LogP contribution in [0.4, 0.5) is 0 Å². The monoisotopic (exact) mass is 255 g/mol. The molecule has 1 aliphatic rings. The van der Waals surface area contributed by atoms with Crippen LogP contribution in [0.5, 0.6) is 0 Å². The predicted molar refractivity (Wildman–Crippen MR) is 70.3 cm³/mol. The Morgan fingerprint density at radius 1 is 1.24 bits per heavy atom. The van der Waals surface area contributed by atoms with Gasteiger partial charge in [0.15, 0.2) is 0 Å². The smallest absolute Gasteiger partial charge is 0.225 e. The Morgan fingerprint density at radius 2 is 2.00 bits per heavy atom. The standard InChI is InChI=1S/C13H22ClN3/c1-3-7-12-15-16-13(14)17(12)11-9-6-4-5-8-10(11)2/h10-11H,3-9H2,1-2H3. The minimum Gasteiger partial charge on any atom is -0.298 e. The van der Waals surface area contributed by atoms with Crippen LogP contribution in [-0.4, -0.2) is 14.8 Å². The van der Waals surface area contributed by atoms with Gasteiger partial charge in [-0.2, -0.15) is 0 Å². The molecule has 4 heteroatoms. The van der Waals surface area contributed by atoms with Crippen molar-refractivity contribution in [3.05, 3.63) is 11.1 Å². The molecular formula is C13H22ClN3. The highest BCUT2D eigenvalue weighted by Gasteiger charge is 2.25. The summed E-state index contributed by atoms with van der Waals surface area (Å²) in [6, 6.07) is 0.501. The summed E-state index contributed by atoms with van der Waals surface area (Å²) in [5, 5.41) is 8.86. The maximum atomic E-state index is 6.22. The van der Waals surface area contributed by atoms with E-state index in [2.05, 4.69) is 28.6 Å². The Labute approximate surface area is 109 Å². The van der Waals surface area contributed by atoms with Crippen molar-refractivity contribution < 1.29 is 0 Å². The number of aromatic nitrogens is 3. The fourth-order valence-corrected chi connectivity index (χ4v) is 3.14. The number of nitrogens with zero attached hydrogens (tertiary/aromatic N) is 3. The molecule has 2 atom stereocenters. The summed E-state index contributed by atoms with van der Waals surface area (Å²) < 4.78 is 2.20. The molecule has 1 aliphatic carbocycles. The zero-order valence-electron chi connectivity index (χ0n) is 10.8. The zero-order valence-corrected chi connectivity index (χ0v) is 11.6. The van der Waals surface area contributed by atoms with Crippen LogP contribution in [0.25, 0.3) is 0 Å². The second kappa shape index (κ2) is 5.85. The van der Waals surface area contributed by atoms with Crippen LogP contribution in [0.15, 0.2) is 0 Å². The van der Waals surface area contributed by atoms with Gasteiger partial charge >= 0.3 is 0 Å². The Balaban J connectivity index is 2.26. The van der Waals surface area contributed by atoms with Crippen molar-refractivity contribution in [1.82, 2.24) is 14.8 Å². The molecule has 2 unspecified atom stereocenters. The van der Waals surface area contributed by atoms with Crippen LogP contribution in [-0.2, 0) is 6.42 Å². The summed E-state index contributed by atoms with van der Waals surface area (Å²) in [5.41, 5.74) is 0. The molecule has 1 heterocycles. The first-order valence-corrected chi connectivity index (χ1v) is 7.21. The molecule has 2 rings (SSSR count). The fraction of sp³-hybridized carbons (Fsp3) is 0.846. The van der Waals surface area contributed by atoms with Crippen LogP contribution in [0.1, 0.15) is 64.2 Å². The molecule has 0 radical (unpaired) electrons. The first kappa shape index (κ1) is 12.9. The maximum Gasteiger partial charge on any atom is 0.225 e. The molecule has 0 saturated heterocycles. The first-order chi connectivity index (χ1) is 8.24. The molecule has 1 fully saturated rings. The second-order valence-corrected chi connectivity index (χ2v) is 5.53. The van der Waals surface area contributed by atoms with Crippen molar-refractivity contribution in [3.8, 4) is 0 Å². The molecule has 0 N–H and O–H groups in total. The summed E-state index contributed by atoms with van der Waals surface area (Å²) in [7, 11) is 0. The molecule has 0 aromatic carbocycles. The van der Waals surface area contributed by atoms with Gasteiger partial charge in [-0.25, -0.2) is 0 Å². The number of halogens is 1. The lowest BCUT2D eigenvalue weighted by Crippen LogP contribution is -2.18. The Morgan fingerprint density at radius 3 is 2.76 bits per heavy atom. The third-order valence-electron chi connectivity index (χ3n) is 3.85. The van der Waals surface area contributed by atoms with E-state index >= 15 is 0 Å². The zero-order chi connectivity index (χ0) is 12.3. The molecular weight excluding hydrogens is 234 g/mol. The van der Waals surface area contributed by atoms with Gasteiger partial charge < -0.3 is 0 Å². The van der Waals surface area contributed by atoms with E-state index in [0.717, 1.165) is 18.7 Å². The largest absolute Gasteiger partial charge is 0.298 e. The second-order valence-electron chi connectivity index (χ2n) is 5.19. The number of rotatable bonds is 3. The maximum absolute atomic E-state index is 6.22. The van der Waals surface area contributed by atoms with Crippen molar-refractivity contribution in [2.75, 3.05) is 0 Å². The molecule has 1 saturated carbocycles. The highest BCUT2D eigenvalue weighted by molar-refractivity contribution is 6.28. The fourth-order valence-electron chi connectivity index (χ4n) is 2.88. The average Bonchev–Trinajstić information content (AvgIpc) is 2.53. The van der Waals surface area contributed by atoms with Crippen LogP contribution in [0.3, 0.4) is 0 Å². The third-order valence-corrected chi connectivity index (χ3v) is 4.10. The molecule has 0 aliphatic heterocycles. The number of hydrogen-bond acceptors (Lipinski definition) is 2. The van der Waals surface area contributed by atoms with E-state index in [1.165, 1.54) is 32.1 Å². The Hall–Kier alpha value is -0.570. The Kier molecular flexibility index (Phi) is 4.43. The van der Waals surface area contributed by atoms with E-state index in [4.69, 9.17) is 11.6 Å². The van der Waals surface area contributed by atoms with Gasteiger partial charge in [-0.1, -0.05) is 33.1 Å². The predicted octanol–water partition coefficient (Wildman–Crippen LogP) is 4.03. The normalized spacial score (nSPS) is 25.8. The molecule has 96 valence electrons. The highest BCUT2D eigenvalue weighted by atomic mass is 35.5. The van der Waals surface area contributed by atoms with Gasteiger partial charge in [0.05, 0.1) is 0 Å². The van der Waals surface area contributed by atoms with E-state index in [9.17, 15) is 0 Å². The van der Waals surface area contributed by atoms with Crippen molar-refractivity contribution in [2.24, 2.45) is 5.92 Å². The van der Waals surface area contributed by atoms with Gasteiger partial charge in [0.1, 0.15) is 5.82 Å². The summed E-state index contributed by atoms with van der Waals surface area (Å²) in [6.45, 7) is 4.51. The van der Waals surface area contributed by atoms with Crippen LogP contribution in [0.2, 0.25) is 5.28 Å². The molecule has 3 nitrogen and oxygen atoms in total. The van der Waals surface area contributed by atoms with E-state index < -0.39 is 0 Å². The van der Waals surface area contributed by atoms with Crippen molar-refractivity contribution >= 4 is 11.6 Å². The summed E-state index contributed by atoms with van der Waals surface area (Å²) in [4.78, 5) is 0. The minimum absolute atomic E-state index is 0.501. The Bertz CT molecular complexity index is 362. The minimum atomic E-state index is 0.501. The highest BCUT2D eigenvalue weighted by Crippen LogP contribution is 2.34. The number of hydrogen-bond donors (Lipinski definition) is 0. The lowest BCUT2D eigenvalue weighted by molar-refractivity contribution is 0.325. The third kappa shape index (κ3) is 2.82. The number of aryl methyl sites for hydroxylation is 1. The molecule has 1 aromatic rings. The summed E-state index contributed by atoms with van der Waals surface area (Å²) in [6.07, 6.45) is 8.58. The molecule has 0 amide bonds. The van der Waals surface area contributed by atoms with Crippen LogP contribution in [0, 0.1) is 5.92 Å². The van der Waals surface area contributed by atoms with E-state index in [1.807, 2.05) is 0 Å². The first-order valence-electron chi connectivity index (χ1n) is 6.83. The van der Waals surface area contributed by atoms with Gasteiger partial charge in [-0.05, 0) is 36.8 Å². The lowest BCUT2D eigenvalue weighted by Gasteiger charge is -2.24. The van der Waals surface area contributed by atoms with Gasteiger partial charge in [-0.3, -0.25) is 4.57 Å². The molecule has 17 heavy (non-hydrogen) atoms.